The molecule has 0 atom stereocenters. The van der Waals surface area contributed by atoms with Gasteiger partial charge in [-0.1, -0.05) is 6.08 Å². The molecule has 0 amide bonds. The van der Waals surface area contributed by atoms with Crippen LogP contribution in [0.4, 0.5) is 0 Å². The van der Waals surface area contributed by atoms with Gasteiger partial charge in [0.05, 0.1) is 17.9 Å². The minimum atomic E-state index is 0.717. The van der Waals surface area contributed by atoms with Gasteiger partial charge in [-0.3, -0.25) is 9.98 Å². The lowest BCUT2D eigenvalue weighted by molar-refractivity contribution is 0.998. The van der Waals surface area contributed by atoms with Gasteiger partial charge in [0.1, 0.15) is 9.54 Å². The average Bonchev–Trinajstić information content (AvgIpc) is 2.82. The molecule has 3 heterocycles. The highest BCUT2D eigenvalue weighted by Crippen LogP contribution is 2.29. The SMILES string of the molecule is C=CCc1nc(-c2cnc(C)nc2)cc2c1CN=C2I. The van der Waals surface area contributed by atoms with Crippen molar-refractivity contribution in [3.05, 3.63) is 53.8 Å². The summed E-state index contributed by atoms with van der Waals surface area (Å²) in [6.45, 7) is 6.40. The highest BCUT2D eigenvalue weighted by Gasteiger charge is 2.19. The molecule has 0 spiro atoms. The third kappa shape index (κ3) is 2.37. The van der Waals surface area contributed by atoms with E-state index in [0.29, 0.717) is 6.54 Å². The number of nitrogens with zero attached hydrogens (tertiary/aromatic N) is 4. The summed E-state index contributed by atoms with van der Waals surface area (Å²) in [5, 5.41) is 0. The molecule has 5 heteroatoms. The van der Waals surface area contributed by atoms with Crippen LogP contribution in [0, 0.1) is 6.92 Å². The monoisotopic (exact) mass is 376 g/mol. The number of aryl methyl sites for hydroxylation is 1. The Morgan fingerprint density at radius 1 is 1.35 bits per heavy atom. The minimum absolute atomic E-state index is 0.717. The summed E-state index contributed by atoms with van der Waals surface area (Å²) < 4.78 is 1.04. The maximum absolute atomic E-state index is 4.74. The van der Waals surface area contributed by atoms with Gasteiger partial charge in [0, 0.05) is 35.5 Å². The fourth-order valence-corrected chi connectivity index (χ4v) is 2.85. The molecule has 2 aromatic heterocycles. The number of aliphatic imine (C=N–C) groups is 1. The van der Waals surface area contributed by atoms with Gasteiger partial charge in [-0.05, 0) is 35.6 Å². The first-order chi connectivity index (χ1) is 9.69. The third-order valence-electron chi connectivity index (χ3n) is 3.22. The molecule has 0 saturated heterocycles. The van der Waals surface area contributed by atoms with E-state index in [2.05, 4.69) is 50.2 Å². The number of aromatic nitrogens is 3. The van der Waals surface area contributed by atoms with Crippen LogP contribution in [-0.4, -0.2) is 18.7 Å². The van der Waals surface area contributed by atoms with Crippen LogP contribution in [0.3, 0.4) is 0 Å². The molecular formula is C15H13IN4. The van der Waals surface area contributed by atoms with Crippen molar-refractivity contribution in [2.24, 2.45) is 4.99 Å². The number of fused-ring (bicyclic) bond motifs is 1. The van der Waals surface area contributed by atoms with Gasteiger partial charge < -0.3 is 0 Å². The zero-order chi connectivity index (χ0) is 14.1. The van der Waals surface area contributed by atoms with Crippen molar-refractivity contribution in [3.8, 4) is 11.3 Å². The molecule has 0 aromatic carbocycles. The minimum Gasteiger partial charge on any atom is -0.273 e. The number of rotatable bonds is 3. The van der Waals surface area contributed by atoms with Crippen molar-refractivity contribution in [2.45, 2.75) is 19.9 Å². The Hall–Kier alpha value is -1.63. The molecule has 0 aliphatic carbocycles. The number of hydrogen-bond donors (Lipinski definition) is 0. The lowest BCUT2D eigenvalue weighted by Gasteiger charge is -2.09. The summed E-state index contributed by atoms with van der Waals surface area (Å²) in [4.78, 5) is 17.7. The Morgan fingerprint density at radius 3 is 2.80 bits per heavy atom. The van der Waals surface area contributed by atoms with Crippen LogP contribution in [0.15, 0.2) is 36.1 Å². The Balaban J connectivity index is 2.14. The lowest BCUT2D eigenvalue weighted by Crippen LogP contribution is -2.02. The zero-order valence-electron chi connectivity index (χ0n) is 11.1. The standard InChI is InChI=1S/C15H13IN4/c1-3-4-13-12-8-19-15(16)11(12)5-14(20-13)10-6-17-9(2)18-7-10/h3,5-7H,1,4,8H2,2H3. The summed E-state index contributed by atoms with van der Waals surface area (Å²) in [6, 6.07) is 2.08. The first kappa shape index (κ1) is 13.4. The van der Waals surface area contributed by atoms with Crippen molar-refractivity contribution in [3.63, 3.8) is 0 Å². The summed E-state index contributed by atoms with van der Waals surface area (Å²) >= 11 is 2.28. The largest absolute Gasteiger partial charge is 0.273 e. The van der Waals surface area contributed by atoms with E-state index in [1.54, 1.807) is 0 Å². The molecule has 20 heavy (non-hydrogen) atoms. The molecule has 1 aliphatic rings. The molecule has 1 aliphatic heterocycles. The van der Waals surface area contributed by atoms with Gasteiger partial charge in [-0.25, -0.2) is 9.97 Å². The molecule has 3 rings (SSSR count). The quantitative estimate of drug-likeness (QED) is 0.610. The van der Waals surface area contributed by atoms with Crippen LogP contribution in [0.1, 0.15) is 22.6 Å². The molecule has 0 N–H and O–H groups in total. The van der Waals surface area contributed by atoms with E-state index < -0.39 is 0 Å². The van der Waals surface area contributed by atoms with E-state index in [1.165, 1.54) is 11.1 Å². The number of hydrogen-bond acceptors (Lipinski definition) is 4. The van der Waals surface area contributed by atoms with E-state index in [0.717, 1.165) is 32.9 Å². The summed E-state index contributed by atoms with van der Waals surface area (Å²) in [5.74, 6) is 0.761. The van der Waals surface area contributed by atoms with Crippen LogP contribution in [0.5, 0.6) is 0 Å². The Kier molecular flexibility index (Phi) is 3.60. The first-order valence-corrected chi connectivity index (χ1v) is 7.40. The van der Waals surface area contributed by atoms with Crippen molar-refractivity contribution in [1.29, 1.82) is 0 Å². The molecule has 4 nitrogen and oxygen atoms in total. The highest BCUT2D eigenvalue weighted by atomic mass is 127. The summed E-state index contributed by atoms with van der Waals surface area (Å²) in [7, 11) is 0. The van der Waals surface area contributed by atoms with E-state index in [4.69, 9.17) is 4.98 Å². The van der Waals surface area contributed by atoms with Crippen LogP contribution >= 0.6 is 22.6 Å². The molecule has 0 saturated carbocycles. The highest BCUT2D eigenvalue weighted by molar-refractivity contribution is 14.1. The topological polar surface area (TPSA) is 51.0 Å². The fraction of sp³-hybridized carbons (Fsp3) is 0.200. The van der Waals surface area contributed by atoms with E-state index in [1.807, 2.05) is 25.4 Å². The summed E-state index contributed by atoms with van der Waals surface area (Å²) in [5.41, 5.74) is 5.26. The van der Waals surface area contributed by atoms with Crippen molar-refractivity contribution >= 4 is 26.3 Å². The van der Waals surface area contributed by atoms with Crippen molar-refractivity contribution in [2.75, 3.05) is 0 Å². The third-order valence-corrected chi connectivity index (χ3v) is 4.14. The van der Waals surface area contributed by atoms with Gasteiger partial charge in [-0.2, -0.15) is 0 Å². The molecule has 2 aromatic rings. The van der Waals surface area contributed by atoms with Crippen LogP contribution < -0.4 is 0 Å². The Labute approximate surface area is 131 Å². The lowest BCUT2D eigenvalue weighted by atomic mass is 10.0. The van der Waals surface area contributed by atoms with E-state index >= 15 is 0 Å². The smallest absolute Gasteiger partial charge is 0.125 e. The molecule has 100 valence electrons. The van der Waals surface area contributed by atoms with Gasteiger partial charge in [0.25, 0.3) is 0 Å². The van der Waals surface area contributed by atoms with Crippen LogP contribution in [-0.2, 0) is 13.0 Å². The maximum atomic E-state index is 4.74. The number of allylic oxidation sites excluding steroid dienone is 1. The first-order valence-electron chi connectivity index (χ1n) is 6.32. The number of halogens is 1. The van der Waals surface area contributed by atoms with Gasteiger partial charge in [-0.15, -0.1) is 6.58 Å². The maximum Gasteiger partial charge on any atom is 0.125 e. The second kappa shape index (κ2) is 5.40. The molecular weight excluding hydrogens is 363 g/mol. The molecule has 0 radical (unpaired) electrons. The Morgan fingerprint density at radius 2 is 2.10 bits per heavy atom. The van der Waals surface area contributed by atoms with Gasteiger partial charge in [0.2, 0.25) is 0 Å². The van der Waals surface area contributed by atoms with Crippen LogP contribution in [0.25, 0.3) is 11.3 Å². The predicted octanol–water partition coefficient (Wildman–Crippen LogP) is 3.27. The fourth-order valence-electron chi connectivity index (χ4n) is 2.20. The number of pyridine rings is 1. The van der Waals surface area contributed by atoms with E-state index in [-0.39, 0.29) is 0 Å². The second-order valence-electron chi connectivity index (χ2n) is 4.60. The van der Waals surface area contributed by atoms with Crippen molar-refractivity contribution < 1.29 is 0 Å². The molecule has 0 bridgehead atoms. The van der Waals surface area contributed by atoms with E-state index in [9.17, 15) is 0 Å². The second-order valence-corrected chi connectivity index (χ2v) is 5.62. The van der Waals surface area contributed by atoms with Crippen molar-refractivity contribution in [1.82, 2.24) is 15.0 Å². The van der Waals surface area contributed by atoms with Gasteiger partial charge in [0.15, 0.2) is 0 Å². The normalized spacial score (nSPS) is 13.0. The van der Waals surface area contributed by atoms with Gasteiger partial charge >= 0.3 is 0 Å². The van der Waals surface area contributed by atoms with Crippen LogP contribution in [0.2, 0.25) is 0 Å². The zero-order valence-corrected chi connectivity index (χ0v) is 13.3. The Bertz CT molecular complexity index is 705. The predicted molar refractivity (Wildman–Crippen MR) is 88.2 cm³/mol. The summed E-state index contributed by atoms with van der Waals surface area (Å²) in [6.07, 6.45) is 6.26. The molecule has 0 unspecified atom stereocenters. The average molecular weight is 376 g/mol. The molecule has 0 fully saturated rings.